The number of aliphatic hydroxyl groups excluding tert-OH is 1. The molecule has 0 aliphatic carbocycles. The molecule has 5 heteroatoms. The number of thiol groups is 1. The summed E-state index contributed by atoms with van der Waals surface area (Å²) in [5, 5.41) is 11.5. The monoisotopic (exact) mass is 331 g/mol. The number of carbonyl (C=O) groups excluding carboxylic acids is 1. The van der Waals surface area contributed by atoms with Crippen molar-refractivity contribution >= 4 is 34.5 Å². The second-order valence-corrected chi connectivity index (χ2v) is 5.45. The number of unbranched alkanes of at least 4 members (excludes halogenated alkanes) is 3. The number of halogens is 1. The highest BCUT2D eigenvalue weighted by Gasteiger charge is 2.08. The number of carbonyl (C=O) groups is 1. The molecule has 1 aromatic carbocycles. The first-order chi connectivity index (χ1) is 8.65. The summed E-state index contributed by atoms with van der Waals surface area (Å²) in [6, 6.07) is 5.39. The van der Waals surface area contributed by atoms with Crippen LogP contribution in [0.1, 0.15) is 36.0 Å². The summed E-state index contributed by atoms with van der Waals surface area (Å²) in [4.78, 5) is 12.5. The van der Waals surface area contributed by atoms with Crippen molar-refractivity contribution in [3.63, 3.8) is 0 Å². The molecule has 0 aliphatic rings. The van der Waals surface area contributed by atoms with Crippen molar-refractivity contribution in [2.45, 2.75) is 30.6 Å². The molecule has 0 spiro atoms. The van der Waals surface area contributed by atoms with Gasteiger partial charge in [-0.15, -0.1) is 12.6 Å². The van der Waals surface area contributed by atoms with Crippen molar-refractivity contribution < 1.29 is 9.90 Å². The first kappa shape index (κ1) is 15.5. The molecule has 2 N–H and O–H groups in total. The van der Waals surface area contributed by atoms with Crippen LogP contribution in [0.4, 0.5) is 0 Å². The van der Waals surface area contributed by atoms with E-state index >= 15 is 0 Å². The highest BCUT2D eigenvalue weighted by atomic mass is 79.9. The van der Waals surface area contributed by atoms with Crippen LogP contribution in [0.5, 0.6) is 0 Å². The predicted molar refractivity (Wildman–Crippen MR) is 79.3 cm³/mol. The van der Waals surface area contributed by atoms with Gasteiger partial charge in [0.2, 0.25) is 0 Å². The van der Waals surface area contributed by atoms with Gasteiger partial charge in [0.15, 0.2) is 0 Å². The van der Waals surface area contributed by atoms with E-state index in [0.717, 1.165) is 30.2 Å². The number of rotatable bonds is 7. The van der Waals surface area contributed by atoms with E-state index in [1.54, 1.807) is 12.1 Å². The molecule has 0 fully saturated rings. The Labute approximate surface area is 122 Å². The third-order valence-corrected chi connectivity index (χ3v) is 3.44. The Bertz CT molecular complexity index is 399. The predicted octanol–water partition coefficient (Wildman–Crippen LogP) is 3.02. The number of nitrogens with one attached hydrogen (secondary N) is 1. The number of hydrogen-bond acceptors (Lipinski definition) is 3. The quantitative estimate of drug-likeness (QED) is 0.531. The minimum Gasteiger partial charge on any atom is -0.396 e. The second-order valence-electron chi connectivity index (χ2n) is 4.06. The maximum Gasteiger partial charge on any atom is 0.252 e. The minimum atomic E-state index is -0.0883. The summed E-state index contributed by atoms with van der Waals surface area (Å²) in [6.45, 7) is 0.905. The van der Waals surface area contributed by atoms with Crippen molar-refractivity contribution in [2.24, 2.45) is 0 Å². The molecular formula is C13H18BrNO2S. The molecule has 0 saturated heterocycles. The maximum absolute atomic E-state index is 11.9. The molecule has 1 rings (SSSR count). The van der Waals surface area contributed by atoms with Gasteiger partial charge in [0.05, 0.1) is 5.56 Å². The van der Waals surface area contributed by atoms with Crippen molar-refractivity contribution in [2.75, 3.05) is 13.2 Å². The lowest BCUT2D eigenvalue weighted by atomic mass is 10.2. The van der Waals surface area contributed by atoms with Crippen LogP contribution in [0.25, 0.3) is 0 Å². The molecule has 1 aromatic rings. The number of amides is 1. The fourth-order valence-corrected chi connectivity index (χ4v) is 2.44. The number of hydrogen-bond donors (Lipinski definition) is 3. The standard InChI is InChI=1S/C13H18BrNO2S/c14-10-5-6-11(12(18)9-10)13(17)15-7-3-1-2-4-8-16/h5-6,9,16,18H,1-4,7-8H2,(H,15,17). The molecule has 0 heterocycles. The van der Waals surface area contributed by atoms with Crippen molar-refractivity contribution in [3.05, 3.63) is 28.2 Å². The van der Waals surface area contributed by atoms with E-state index in [1.807, 2.05) is 6.07 Å². The highest BCUT2D eigenvalue weighted by molar-refractivity contribution is 9.10. The largest absolute Gasteiger partial charge is 0.396 e. The van der Waals surface area contributed by atoms with Gasteiger partial charge < -0.3 is 10.4 Å². The fourth-order valence-electron chi connectivity index (χ4n) is 1.58. The van der Waals surface area contributed by atoms with Crippen LogP contribution in [0.2, 0.25) is 0 Å². The van der Waals surface area contributed by atoms with Gasteiger partial charge in [0.25, 0.3) is 5.91 Å². The van der Waals surface area contributed by atoms with Gasteiger partial charge in [-0.2, -0.15) is 0 Å². The number of aliphatic hydroxyl groups is 1. The lowest BCUT2D eigenvalue weighted by molar-refractivity contribution is 0.0950. The smallest absolute Gasteiger partial charge is 0.252 e. The molecule has 0 saturated carbocycles. The molecule has 0 radical (unpaired) electrons. The van der Waals surface area contributed by atoms with E-state index in [1.165, 1.54) is 0 Å². The Morgan fingerprint density at radius 2 is 2.00 bits per heavy atom. The van der Waals surface area contributed by atoms with Gasteiger partial charge >= 0.3 is 0 Å². The van der Waals surface area contributed by atoms with Gasteiger partial charge in [-0.05, 0) is 31.0 Å². The summed E-state index contributed by atoms with van der Waals surface area (Å²) >= 11 is 7.61. The van der Waals surface area contributed by atoms with Crippen molar-refractivity contribution in [3.8, 4) is 0 Å². The van der Waals surface area contributed by atoms with E-state index in [2.05, 4.69) is 33.9 Å². The Morgan fingerprint density at radius 1 is 1.28 bits per heavy atom. The molecule has 0 unspecified atom stereocenters. The molecule has 0 bridgehead atoms. The summed E-state index contributed by atoms with van der Waals surface area (Å²) < 4.78 is 0.910. The SMILES string of the molecule is O=C(NCCCCCCO)c1ccc(Br)cc1S. The average molecular weight is 332 g/mol. The topological polar surface area (TPSA) is 49.3 Å². The Balaban J connectivity index is 2.32. The van der Waals surface area contributed by atoms with Crippen LogP contribution in [0.15, 0.2) is 27.6 Å². The van der Waals surface area contributed by atoms with E-state index in [9.17, 15) is 4.79 Å². The summed E-state index contributed by atoms with van der Waals surface area (Å²) in [5.74, 6) is -0.0883. The molecule has 0 atom stereocenters. The van der Waals surface area contributed by atoms with Crippen molar-refractivity contribution in [1.29, 1.82) is 0 Å². The van der Waals surface area contributed by atoms with Crippen LogP contribution in [-0.2, 0) is 0 Å². The average Bonchev–Trinajstić information content (AvgIpc) is 2.33. The van der Waals surface area contributed by atoms with Crippen LogP contribution in [0, 0.1) is 0 Å². The molecule has 18 heavy (non-hydrogen) atoms. The molecule has 0 aromatic heterocycles. The Hall–Kier alpha value is -0.520. The van der Waals surface area contributed by atoms with Crippen LogP contribution < -0.4 is 5.32 Å². The molecule has 100 valence electrons. The van der Waals surface area contributed by atoms with Gasteiger partial charge in [0, 0.05) is 22.5 Å². The molecular weight excluding hydrogens is 314 g/mol. The Morgan fingerprint density at radius 3 is 2.67 bits per heavy atom. The maximum atomic E-state index is 11.9. The van der Waals surface area contributed by atoms with E-state index < -0.39 is 0 Å². The normalized spacial score (nSPS) is 10.4. The molecule has 3 nitrogen and oxygen atoms in total. The van der Waals surface area contributed by atoms with Gasteiger partial charge in [-0.1, -0.05) is 28.8 Å². The van der Waals surface area contributed by atoms with E-state index in [-0.39, 0.29) is 12.5 Å². The van der Waals surface area contributed by atoms with Crippen LogP contribution >= 0.6 is 28.6 Å². The lowest BCUT2D eigenvalue weighted by Gasteiger charge is -2.07. The first-order valence-corrected chi connectivity index (χ1v) is 7.26. The third-order valence-electron chi connectivity index (χ3n) is 2.57. The van der Waals surface area contributed by atoms with Crippen molar-refractivity contribution in [1.82, 2.24) is 5.32 Å². The second kappa shape index (κ2) is 8.56. The zero-order valence-corrected chi connectivity index (χ0v) is 12.6. The zero-order chi connectivity index (χ0) is 13.4. The van der Waals surface area contributed by atoms with E-state index in [4.69, 9.17) is 5.11 Å². The molecule has 1 amide bonds. The zero-order valence-electron chi connectivity index (χ0n) is 10.2. The van der Waals surface area contributed by atoms with Crippen LogP contribution in [0.3, 0.4) is 0 Å². The fraction of sp³-hybridized carbons (Fsp3) is 0.462. The van der Waals surface area contributed by atoms with Gasteiger partial charge in [-0.25, -0.2) is 0 Å². The summed E-state index contributed by atoms with van der Waals surface area (Å²) in [6.07, 6.45) is 3.79. The highest BCUT2D eigenvalue weighted by Crippen LogP contribution is 2.19. The number of benzene rings is 1. The summed E-state index contributed by atoms with van der Waals surface area (Å²) in [5.41, 5.74) is 0.594. The lowest BCUT2D eigenvalue weighted by Crippen LogP contribution is -2.24. The van der Waals surface area contributed by atoms with Gasteiger partial charge in [-0.3, -0.25) is 4.79 Å². The summed E-state index contributed by atoms with van der Waals surface area (Å²) in [7, 11) is 0. The van der Waals surface area contributed by atoms with E-state index in [0.29, 0.717) is 17.0 Å². The minimum absolute atomic E-state index is 0.0883. The Kier molecular flexibility index (Phi) is 7.39. The first-order valence-electron chi connectivity index (χ1n) is 6.02. The van der Waals surface area contributed by atoms with Gasteiger partial charge in [0.1, 0.15) is 0 Å². The molecule has 0 aliphatic heterocycles. The third kappa shape index (κ3) is 5.42. The van der Waals surface area contributed by atoms with Crippen LogP contribution in [-0.4, -0.2) is 24.2 Å².